The molecule has 4 aromatic rings. The van der Waals surface area contributed by atoms with E-state index in [9.17, 15) is 18.0 Å². The van der Waals surface area contributed by atoms with Crippen LogP contribution >= 0.6 is 11.3 Å². The monoisotopic (exact) mass is 505 g/mol. The maximum atomic E-state index is 12.8. The summed E-state index contributed by atoms with van der Waals surface area (Å²) in [5.74, 6) is -1.37. The summed E-state index contributed by atoms with van der Waals surface area (Å²) < 4.78 is 47.9. The normalized spacial score (nSPS) is 11.9. The summed E-state index contributed by atoms with van der Waals surface area (Å²) in [6, 6.07) is 6.38. The second kappa shape index (κ2) is 9.37. The summed E-state index contributed by atoms with van der Waals surface area (Å²) in [7, 11) is 0. The molecule has 182 valence electrons. The smallest absolute Gasteiger partial charge is 0.455 e. The van der Waals surface area contributed by atoms with E-state index < -0.39 is 23.6 Å². The minimum absolute atomic E-state index is 0.0405. The van der Waals surface area contributed by atoms with Crippen molar-refractivity contribution in [2.75, 3.05) is 4.90 Å². The van der Waals surface area contributed by atoms with E-state index in [-0.39, 0.29) is 18.1 Å². The first-order valence-electron chi connectivity index (χ1n) is 10.1. The Morgan fingerprint density at radius 3 is 2.49 bits per heavy atom. The molecule has 0 fully saturated rings. The lowest BCUT2D eigenvalue weighted by atomic mass is 10.2. The second-order valence-corrected chi connectivity index (χ2v) is 9.28. The van der Waals surface area contributed by atoms with Gasteiger partial charge < -0.3 is 14.2 Å². The van der Waals surface area contributed by atoms with Crippen LogP contribution in [0.25, 0.3) is 10.7 Å². The van der Waals surface area contributed by atoms with E-state index >= 15 is 0 Å². The standard InChI is InChI=1S/C21H18F3N7O3S/c1-20(2,3)33-18(32)13-5-7-15(29-28-13)31(16-10-25-8-9-26-16)11-12-4-6-14(35-12)17-27-19(34-30-17)21(22,23)24/h4-10H,11H2,1-3H3. The summed E-state index contributed by atoms with van der Waals surface area (Å²) in [5, 5.41) is 11.5. The highest BCUT2D eigenvalue weighted by molar-refractivity contribution is 7.15. The lowest BCUT2D eigenvalue weighted by Crippen LogP contribution is -2.25. The van der Waals surface area contributed by atoms with Crippen molar-refractivity contribution in [2.24, 2.45) is 0 Å². The van der Waals surface area contributed by atoms with Crippen LogP contribution in [0.4, 0.5) is 24.8 Å². The van der Waals surface area contributed by atoms with Crippen LogP contribution in [0.15, 0.2) is 47.4 Å². The van der Waals surface area contributed by atoms with Crippen LogP contribution in [0.5, 0.6) is 0 Å². The number of nitrogens with zero attached hydrogens (tertiary/aromatic N) is 7. The zero-order chi connectivity index (χ0) is 25.2. The fourth-order valence-electron chi connectivity index (χ4n) is 2.80. The van der Waals surface area contributed by atoms with Crippen molar-refractivity contribution in [2.45, 2.75) is 39.1 Å². The first-order valence-corrected chi connectivity index (χ1v) is 10.9. The van der Waals surface area contributed by atoms with Crippen molar-refractivity contribution in [3.05, 3.63) is 59.3 Å². The van der Waals surface area contributed by atoms with Gasteiger partial charge >= 0.3 is 18.0 Å². The Morgan fingerprint density at radius 2 is 1.89 bits per heavy atom. The van der Waals surface area contributed by atoms with Gasteiger partial charge in [-0.05, 0) is 45.0 Å². The van der Waals surface area contributed by atoms with Gasteiger partial charge in [0, 0.05) is 17.3 Å². The number of ether oxygens (including phenoxy) is 1. The molecule has 4 aromatic heterocycles. The van der Waals surface area contributed by atoms with Crippen LogP contribution in [-0.4, -0.2) is 41.9 Å². The SMILES string of the molecule is CC(C)(C)OC(=O)c1ccc(N(Cc2ccc(-c3noc(C(F)(F)F)n3)s2)c2cnccn2)nn1. The first-order chi connectivity index (χ1) is 16.5. The number of thiophene rings is 1. The van der Waals surface area contributed by atoms with Crippen LogP contribution in [-0.2, 0) is 17.5 Å². The number of halogens is 3. The number of carbonyl (C=O) groups excluding carboxylic acids is 1. The van der Waals surface area contributed by atoms with E-state index in [1.165, 1.54) is 36.0 Å². The van der Waals surface area contributed by atoms with Gasteiger partial charge in [0.05, 0.1) is 17.6 Å². The first kappa shape index (κ1) is 24.2. The molecule has 10 nitrogen and oxygen atoms in total. The van der Waals surface area contributed by atoms with Crippen molar-refractivity contribution >= 4 is 28.9 Å². The largest absolute Gasteiger partial charge is 0.471 e. The molecule has 0 aliphatic carbocycles. The van der Waals surface area contributed by atoms with Crippen molar-refractivity contribution in [1.82, 2.24) is 30.3 Å². The van der Waals surface area contributed by atoms with E-state index in [1.54, 1.807) is 43.9 Å². The number of alkyl halides is 3. The molecule has 0 spiro atoms. The molecule has 35 heavy (non-hydrogen) atoms. The fourth-order valence-corrected chi connectivity index (χ4v) is 3.72. The molecule has 0 saturated heterocycles. The predicted octanol–water partition coefficient (Wildman–Crippen LogP) is 4.69. The van der Waals surface area contributed by atoms with Gasteiger partial charge in [0.2, 0.25) is 5.82 Å². The van der Waals surface area contributed by atoms with E-state index in [2.05, 4.69) is 34.8 Å². The van der Waals surface area contributed by atoms with Crippen LogP contribution in [0.3, 0.4) is 0 Å². The highest BCUT2D eigenvalue weighted by Gasteiger charge is 2.38. The topological polar surface area (TPSA) is 120 Å². The average molecular weight is 505 g/mol. The quantitative estimate of drug-likeness (QED) is 0.341. The van der Waals surface area contributed by atoms with Gasteiger partial charge in [0.25, 0.3) is 0 Å². The minimum Gasteiger partial charge on any atom is -0.455 e. The molecule has 14 heteroatoms. The highest BCUT2D eigenvalue weighted by Crippen LogP contribution is 2.33. The number of esters is 1. The van der Waals surface area contributed by atoms with Gasteiger partial charge in [-0.1, -0.05) is 5.16 Å². The zero-order valence-electron chi connectivity index (χ0n) is 18.6. The molecule has 0 bridgehead atoms. The van der Waals surface area contributed by atoms with Gasteiger partial charge in [0.15, 0.2) is 17.3 Å². The molecule has 0 N–H and O–H groups in total. The Labute approximate surface area is 200 Å². The van der Waals surface area contributed by atoms with Crippen molar-refractivity contribution in [1.29, 1.82) is 0 Å². The Bertz CT molecular complexity index is 1300. The zero-order valence-corrected chi connectivity index (χ0v) is 19.5. The highest BCUT2D eigenvalue weighted by atomic mass is 32.1. The molecule has 0 radical (unpaired) electrons. The molecule has 0 amide bonds. The summed E-state index contributed by atoms with van der Waals surface area (Å²) in [5.41, 5.74) is -0.640. The molecule has 0 aromatic carbocycles. The van der Waals surface area contributed by atoms with E-state index in [0.29, 0.717) is 16.5 Å². The van der Waals surface area contributed by atoms with Crippen LogP contribution in [0.2, 0.25) is 0 Å². The van der Waals surface area contributed by atoms with Crippen molar-refractivity contribution < 1.29 is 27.2 Å². The molecule has 0 atom stereocenters. The fraction of sp³-hybridized carbons (Fsp3) is 0.286. The Hall–Kier alpha value is -3.94. The number of anilines is 2. The number of hydrogen-bond donors (Lipinski definition) is 0. The lowest BCUT2D eigenvalue weighted by Gasteiger charge is -2.22. The van der Waals surface area contributed by atoms with Gasteiger partial charge in [-0.15, -0.1) is 21.5 Å². The van der Waals surface area contributed by atoms with Crippen LogP contribution in [0.1, 0.15) is 42.0 Å². The van der Waals surface area contributed by atoms with Gasteiger partial charge in [-0.2, -0.15) is 18.2 Å². The molecule has 0 aliphatic rings. The number of aromatic nitrogens is 6. The minimum atomic E-state index is -4.72. The maximum Gasteiger partial charge on any atom is 0.471 e. The molecule has 4 rings (SSSR count). The third-order valence-electron chi connectivity index (χ3n) is 4.23. The Balaban J connectivity index is 1.58. The van der Waals surface area contributed by atoms with Gasteiger partial charge in [-0.25, -0.2) is 9.78 Å². The van der Waals surface area contributed by atoms with E-state index in [1.807, 2.05) is 0 Å². The molecule has 0 aliphatic heterocycles. The third kappa shape index (κ3) is 5.95. The average Bonchev–Trinajstić information content (AvgIpc) is 3.47. The molecular weight excluding hydrogens is 487 g/mol. The van der Waals surface area contributed by atoms with E-state index in [0.717, 1.165) is 4.88 Å². The van der Waals surface area contributed by atoms with Crippen molar-refractivity contribution in [3.63, 3.8) is 0 Å². The molecule has 4 heterocycles. The summed E-state index contributed by atoms with van der Waals surface area (Å²) >= 11 is 1.18. The number of rotatable bonds is 6. The van der Waals surface area contributed by atoms with Gasteiger partial charge in [0.1, 0.15) is 5.60 Å². The summed E-state index contributed by atoms with van der Waals surface area (Å²) in [6.07, 6.45) is -0.190. The van der Waals surface area contributed by atoms with Crippen molar-refractivity contribution in [3.8, 4) is 10.7 Å². The lowest BCUT2D eigenvalue weighted by molar-refractivity contribution is -0.159. The molecule has 0 unspecified atom stereocenters. The second-order valence-electron chi connectivity index (χ2n) is 8.12. The van der Waals surface area contributed by atoms with Gasteiger partial charge in [-0.3, -0.25) is 4.98 Å². The predicted molar refractivity (Wildman–Crippen MR) is 118 cm³/mol. The van der Waals surface area contributed by atoms with Crippen LogP contribution < -0.4 is 4.90 Å². The number of carbonyl (C=O) groups is 1. The van der Waals surface area contributed by atoms with Crippen LogP contribution in [0, 0.1) is 0 Å². The Kier molecular flexibility index (Phi) is 6.47. The maximum absolute atomic E-state index is 12.8. The summed E-state index contributed by atoms with van der Waals surface area (Å²) in [6.45, 7) is 5.47. The number of hydrogen-bond acceptors (Lipinski definition) is 11. The molecular formula is C21H18F3N7O3S. The Morgan fingerprint density at radius 1 is 1.09 bits per heavy atom. The summed E-state index contributed by atoms with van der Waals surface area (Å²) in [4.78, 5) is 26.9. The third-order valence-corrected chi connectivity index (χ3v) is 5.29. The molecule has 0 saturated carbocycles. The van der Waals surface area contributed by atoms with E-state index in [4.69, 9.17) is 4.74 Å².